The molecule has 156 valence electrons. The van der Waals surface area contributed by atoms with Crippen molar-refractivity contribution in [1.29, 1.82) is 0 Å². The van der Waals surface area contributed by atoms with Crippen molar-refractivity contribution in [3.8, 4) is 11.5 Å². The normalized spacial score (nSPS) is 17.7. The lowest BCUT2D eigenvalue weighted by atomic mass is 9.88. The summed E-state index contributed by atoms with van der Waals surface area (Å²) in [6, 6.07) is 21.0. The van der Waals surface area contributed by atoms with Crippen LogP contribution < -0.4 is 14.2 Å². The van der Waals surface area contributed by atoms with Gasteiger partial charge >= 0.3 is 0 Å². The Hall–Kier alpha value is -3.64. The summed E-state index contributed by atoms with van der Waals surface area (Å²) in [7, 11) is 0. The molecule has 31 heavy (non-hydrogen) atoms. The van der Waals surface area contributed by atoms with Crippen molar-refractivity contribution >= 4 is 10.9 Å². The van der Waals surface area contributed by atoms with E-state index >= 15 is 0 Å². The van der Waals surface area contributed by atoms with E-state index in [1.165, 1.54) is 12.4 Å². The first-order valence-electron chi connectivity index (χ1n) is 10.3. The van der Waals surface area contributed by atoms with Crippen LogP contribution in [0.3, 0.4) is 0 Å². The number of hydrogen-bond acceptors (Lipinski definition) is 5. The molecule has 2 aromatic carbocycles. The number of para-hydroxylation sites is 1. The molecule has 0 radical (unpaired) electrons. The Morgan fingerprint density at radius 1 is 1.10 bits per heavy atom. The summed E-state index contributed by atoms with van der Waals surface area (Å²) in [5.41, 5.74) is 3.33. The molecule has 0 aliphatic carbocycles. The van der Waals surface area contributed by atoms with Crippen LogP contribution in [0, 0.1) is 11.1 Å². The summed E-state index contributed by atoms with van der Waals surface area (Å²) in [5, 5.41) is 23.6. The van der Waals surface area contributed by atoms with Gasteiger partial charge in [0.1, 0.15) is 18.1 Å². The minimum atomic E-state index is -0.702. The summed E-state index contributed by atoms with van der Waals surface area (Å²) in [6.45, 7) is 0.723. The van der Waals surface area contributed by atoms with E-state index in [1.807, 2.05) is 60.7 Å². The molecular weight excluding hydrogens is 392 g/mol. The van der Waals surface area contributed by atoms with Crippen LogP contribution in [0.4, 0.5) is 0 Å². The minimum Gasteiger partial charge on any atom is -0.619 e. The molecule has 3 heterocycles. The summed E-state index contributed by atoms with van der Waals surface area (Å²) >= 11 is 0. The highest BCUT2D eigenvalue weighted by atomic mass is 16.5. The molecular formula is C25H22N2O4. The molecule has 0 saturated carbocycles. The zero-order chi connectivity index (χ0) is 21.2. The molecule has 1 aliphatic heterocycles. The summed E-state index contributed by atoms with van der Waals surface area (Å²) in [5.74, 6) is 1.16. The molecule has 1 N–H and O–H groups in total. The average Bonchev–Trinajstić information content (AvgIpc) is 2.79. The number of ether oxygens (including phenoxy) is 2. The first-order chi connectivity index (χ1) is 15.2. The van der Waals surface area contributed by atoms with Crippen molar-refractivity contribution in [1.82, 2.24) is 4.98 Å². The number of fused-ring (bicyclic) bond motifs is 2. The zero-order valence-corrected chi connectivity index (χ0v) is 16.8. The van der Waals surface area contributed by atoms with Crippen LogP contribution in [0.25, 0.3) is 10.9 Å². The van der Waals surface area contributed by atoms with Gasteiger partial charge in [0.2, 0.25) is 0 Å². The van der Waals surface area contributed by atoms with Gasteiger partial charge in [0.05, 0.1) is 23.9 Å². The van der Waals surface area contributed by atoms with Gasteiger partial charge in [-0.05, 0) is 42.8 Å². The molecule has 4 aromatic rings. The second kappa shape index (κ2) is 8.24. The second-order valence-electron chi connectivity index (χ2n) is 7.78. The average molecular weight is 414 g/mol. The third kappa shape index (κ3) is 4.15. The fourth-order valence-corrected chi connectivity index (χ4v) is 3.96. The molecule has 5 rings (SSSR count). The number of hydrogen-bond donors (Lipinski definition) is 1. The molecule has 2 atom stereocenters. The summed E-state index contributed by atoms with van der Waals surface area (Å²) < 4.78 is 12.6. The van der Waals surface area contributed by atoms with Gasteiger partial charge in [0.15, 0.2) is 12.4 Å². The van der Waals surface area contributed by atoms with Gasteiger partial charge in [-0.3, -0.25) is 0 Å². The van der Waals surface area contributed by atoms with Gasteiger partial charge in [0.25, 0.3) is 0 Å². The van der Waals surface area contributed by atoms with Crippen molar-refractivity contribution < 1.29 is 19.3 Å². The van der Waals surface area contributed by atoms with Crippen LogP contribution >= 0.6 is 0 Å². The van der Waals surface area contributed by atoms with Crippen LogP contribution in [-0.2, 0) is 13.0 Å². The molecule has 0 amide bonds. The molecule has 2 aromatic heterocycles. The number of benzene rings is 2. The van der Waals surface area contributed by atoms with Gasteiger partial charge in [-0.25, -0.2) is 4.98 Å². The highest BCUT2D eigenvalue weighted by molar-refractivity contribution is 5.78. The zero-order valence-electron chi connectivity index (χ0n) is 16.8. The Kier molecular flexibility index (Phi) is 5.14. The fourth-order valence-electron chi connectivity index (χ4n) is 3.96. The third-order valence-corrected chi connectivity index (χ3v) is 5.58. The molecule has 1 aliphatic rings. The van der Waals surface area contributed by atoms with E-state index in [0.717, 1.165) is 26.9 Å². The predicted molar refractivity (Wildman–Crippen MR) is 116 cm³/mol. The maximum absolute atomic E-state index is 11.5. The lowest BCUT2D eigenvalue weighted by Gasteiger charge is -2.30. The first kappa shape index (κ1) is 19.3. The fraction of sp³-hybridized carbons (Fsp3) is 0.200. The van der Waals surface area contributed by atoms with Gasteiger partial charge < -0.3 is 19.8 Å². The lowest BCUT2D eigenvalue weighted by molar-refractivity contribution is -0.605. The minimum absolute atomic E-state index is 0.146. The Balaban J connectivity index is 1.30. The molecule has 0 unspecified atom stereocenters. The topological polar surface area (TPSA) is 78.5 Å². The number of aliphatic hydroxyl groups is 1. The lowest BCUT2D eigenvalue weighted by Crippen LogP contribution is -2.29. The van der Waals surface area contributed by atoms with Crippen LogP contribution in [-0.4, -0.2) is 16.7 Å². The maximum Gasteiger partial charge on any atom is 0.183 e. The predicted octanol–water partition coefficient (Wildman–Crippen LogP) is 3.73. The van der Waals surface area contributed by atoms with E-state index in [-0.39, 0.29) is 5.92 Å². The second-order valence-corrected chi connectivity index (χ2v) is 7.78. The van der Waals surface area contributed by atoms with Gasteiger partial charge in [-0.2, -0.15) is 4.73 Å². The van der Waals surface area contributed by atoms with Crippen LogP contribution in [0.5, 0.6) is 11.5 Å². The molecule has 0 spiro atoms. The summed E-state index contributed by atoms with van der Waals surface area (Å²) in [4.78, 5) is 4.63. The molecule has 0 saturated heterocycles. The Morgan fingerprint density at radius 3 is 2.90 bits per heavy atom. The molecule has 0 bridgehead atoms. The molecule has 6 nitrogen and oxygen atoms in total. The third-order valence-electron chi connectivity index (χ3n) is 5.58. The number of nitrogens with zero attached hydrogens (tertiary/aromatic N) is 2. The molecule has 0 fully saturated rings. The number of aliphatic hydroxyl groups excluding tert-OH is 1. The van der Waals surface area contributed by atoms with Crippen molar-refractivity contribution in [3.05, 3.63) is 101 Å². The van der Waals surface area contributed by atoms with Crippen LogP contribution in [0.2, 0.25) is 0 Å². The van der Waals surface area contributed by atoms with Crippen LogP contribution in [0.15, 0.2) is 79.1 Å². The van der Waals surface area contributed by atoms with Crippen molar-refractivity contribution in [2.45, 2.75) is 19.1 Å². The largest absolute Gasteiger partial charge is 0.619 e. The Bertz CT molecular complexity index is 1230. The Labute approximate surface area is 179 Å². The number of pyridine rings is 2. The van der Waals surface area contributed by atoms with Gasteiger partial charge in [0, 0.05) is 28.5 Å². The smallest absolute Gasteiger partial charge is 0.183 e. The SMILES string of the molecule is [O-][n+]1cccc(C[C@H]2COc3ccc(OCc4ccc5ccccc5n4)cc3[C@H]2O)c1. The van der Waals surface area contributed by atoms with Gasteiger partial charge in [-0.1, -0.05) is 24.3 Å². The maximum atomic E-state index is 11.5. The van der Waals surface area contributed by atoms with E-state index in [4.69, 9.17) is 9.47 Å². The van der Waals surface area contributed by atoms with E-state index in [1.54, 1.807) is 6.07 Å². The standard InChI is InChI=1S/C25H22N2O4/c28-25-19(12-17-4-3-11-27(29)14-17)15-31-24-10-9-21(13-22(24)25)30-16-20-8-7-18-5-1-2-6-23(18)26-20/h1-11,13-14,19,25,28H,12,15-16H2/t19-,25-/m0/s1. The van der Waals surface area contributed by atoms with Crippen molar-refractivity contribution in [2.75, 3.05) is 6.61 Å². The van der Waals surface area contributed by atoms with Gasteiger partial charge in [-0.15, -0.1) is 0 Å². The molecule has 6 heteroatoms. The number of aromatic nitrogens is 2. The van der Waals surface area contributed by atoms with E-state index in [9.17, 15) is 10.3 Å². The summed E-state index contributed by atoms with van der Waals surface area (Å²) in [6.07, 6.45) is 2.82. The van der Waals surface area contributed by atoms with E-state index in [2.05, 4.69) is 4.98 Å². The van der Waals surface area contributed by atoms with Crippen molar-refractivity contribution in [3.63, 3.8) is 0 Å². The highest BCUT2D eigenvalue weighted by Crippen LogP contribution is 2.39. The van der Waals surface area contributed by atoms with E-state index in [0.29, 0.717) is 36.7 Å². The van der Waals surface area contributed by atoms with E-state index < -0.39 is 6.10 Å². The Morgan fingerprint density at radius 2 is 2.00 bits per heavy atom. The first-order valence-corrected chi connectivity index (χ1v) is 10.3. The van der Waals surface area contributed by atoms with Crippen molar-refractivity contribution in [2.24, 2.45) is 5.92 Å². The number of rotatable bonds is 5. The van der Waals surface area contributed by atoms with Crippen LogP contribution in [0.1, 0.15) is 22.9 Å². The highest BCUT2D eigenvalue weighted by Gasteiger charge is 2.30. The quantitative estimate of drug-likeness (QED) is 0.398. The monoisotopic (exact) mass is 414 g/mol.